The third-order valence-electron chi connectivity index (χ3n) is 0.627. The van der Waals surface area contributed by atoms with Gasteiger partial charge in [0, 0.05) is 24.9 Å². The fraction of sp³-hybridized carbons (Fsp3) is 0.667. The van der Waals surface area contributed by atoms with Gasteiger partial charge in [-0.15, -0.1) is 0 Å². The molecule has 0 aliphatic rings. The zero-order chi connectivity index (χ0) is 6.41. The minimum absolute atomic E-state index is 0.370. The zero-order valence-corrected chi connectivity index (χ0v) is 5.39. The molecule has 0 aliphatic heterocycles. The van der Waals surface area contributed by atoms with Crippen LogP contribution in [0.25, 0.3) is 0 Å². The maximum Gasteiger partial charge on any atom is 0.0439 e. The van der Waals surface area contributed by atoms with Gasteiger partial charge in [0.1, 0.15) is 0 Å². The summed E-state index contributed by atoms with van der Waals surface area (Å²) < 4.78 is 0. The first-order valence-electron chi connectivity index (χ1n) is 2.78. The minimum atomic E-state index is 0.370. The summed E-state index contributed by atoms with van der Waals surface area (Å²) in [5, 5.41) is 6.63. The van der Waals surface area contributed by atoms with E-state index in [0.717, 1.165) is 0 Å². The average Bonchev–Trinajstić information content (AvgIpc) is 1.66. The van der Waals surface area contributed by atoms with Gasteiger partial charge in [0.2, 0.25) is 0 Å². The highest BCUT2D eigenvalue weighted by atomic mass is 14.7. The summed E-state index contributed by atoms with van der Waals surface area (Å²) in [6.45, 7) is 4.03. The van der Waals surface area contributed by atoms with Crippen molar-refractivity contribution >= 4 is 12.4 Å². The second-order valence-electron chi connectivity index (χ2n) is 1.87. The Hall–Kier alpha value is -0.660. The van der Waals surface area contributed by atoms with Crippen LogP contribution in [0.5, 0.6) is 0 Å². The van der Waals surface area contributed by atoms with E-state index < -0.39 is 0 Å². The van der Waals surface area contributed by atoms with Crippen LogP contribution < -0.4 is 0 Å². The average molecular weight is 112 g/mol. The quantitative estimate of drug-likeness (QED) is 0.537. The fourth-order valence-corrected chi connectivity index (χ4v) is 0.324. The highest BCUT2D eigenvalue weighted by Gasteiger charge is 1.79. The largest absolute Gasteiger partial charge is 0.313 e. The summed E-state index contributed by atoms with van der Waals surface area (Å²) in [6, 6.07) is 0.370. The second kappa shape index (κ2) is 4.50. The van der Waals surface area contributed by atoms with Crippen LogP contribution in [0, 0.1) is 5.41 Å². The first-order chi connectivity index (χ1) is 3.77. The van der Waals surface area contributed by atoms with Crippen LogP contribution in [0.2, 0.25) is 0 Å². The van der Waals surface area contributed by atoms with Gasteiger partial charge in [-0.3, -0.25) is 4.99 Å². The Kier molecular flexibility index (Phi) is 4.13. The smallest absolute Gasteiger partial charge is 0.0439 e. The molecule has 0 saturated heterocycles. The molecule has 0 amide bonds. The molecule has 46 valence electrons. The molecular weight excluding hydrogens is 100 g/mol. The van der Waals surface area contributed by atoms with Crippen molar-refractivity contribution in [2.75, 3.05) is 0 Å². The van der Waals surface area contributed by atoms with Crippen LogP contribution in [-0.4, -0.2) is 18.5 Å². The summed E-state index contributed by atoms with van der Waals surface area (Å²) in [6.07, 6.45) is 3.77. The highest BCUT2D eigenvalue weighted by molar-refractivity contribution is 5.77. The molecular formula is C6H12N2. The Morgan fingerprint density at radius 3 is 2.62 bits per heavy atom. The molecule has 0 heterocycles. The number of nitrogens with one attached hydrogen (secondary N) is 1. The van der Waals surface area contributed by atoms with Crippen molar-refractivity contribution in [2.45, 2.75) is 26.3 Å². The lowest BCUT2D eigenvalue weighted by Gasteiger charge is -1.90. The number of aliphatic imine (C=N–C) groups is 1. The minimum Gasteiger partial charge on any atom is -0.313 e. The molecule has 0 aromatic carbocycles. The van der Waals surface area contributed by atoms with Crippen LogP contribution in [0.3, 0.4) is 0 Å². The lowest BCUT2D eigenvalue weighted by molar-refractivity contribution is 0.839. The van der Waals surface area contributed by atoms with E-state index in [0.29, 0.717) is 12.5 Å². The van der Waals surface area contributed by atoms with Crippen molar-refractivity contribution in [1.29, 1.82) is 5.41 Å². The Morgan fingerprint density at radius 2 is 2.25 bits per heavy atom. The molecule has 2 nitrogen and oxygen atoms in total. The van der Waals surface area contributed by atoms with Crippen LogP contribution in [-0.2, 0) is 0 Å². The van der Waals surface area contributed by atoms with E-state index in [1.165, 1.54) is 6.21 Å². The SMILES string of the molecule is CC(C)/N=C/CC=N. The van der Waals surface area contributed by atoms with Gasteiger partial charge in [-0.2, -0.15) is 0 Å². The molecule has 0 fully saturated rings. The summed E-state index contributed by atoms with van der Waals surface area (Å²) in [4.78, 5) is 4.04. The van der Waals surface area contributed by atoms with Crippen LogP contribution >= 0.6 is 0 Å². The zero-order valence-electron chi connectivity index (χ0n) is 5.39. The Labute approximate surface area is 50.1 Å². The molecule has 8 heavy (non-hydrogen) atoms. The van der Waals surface area contributed by atoms with Crippen molar-refractivity contribution in [3.05, 3.63) is 0 Å². The normalized spacial score (nSPS) is 10.9. The third-order valence-corrected chi connectivity index (χ3v) is 0.627. The Morgan fingerprint density at radius 1 is 1.62 bits per heavy atom. The summed E-state index contributed by atoms with van der Waals surface area (Å²) in [5.41, 5.74) is 0. The van der Waals surface area contributed by atoms with E-state index in [2.05, 4.69) is 4.99 Å². The van der Waals surface area contributed by atoms with Crippen LogP contribution in [0.4, 0.5) is 0 Å². The third kappa shape index (κ3) is 5.34. The molecule has 2 heteroatoms. The van der Waals surface area contributed by atoms with Gasteiger partial charge >= 0.3 is 0 Å². The summed E-state index contributed by atoms with van der Waals surface area (Å²) in [5.74, 6) is 0. The molecule has 0 rings (SSSR count). The van der Waals surface area contributed by atoms with Crippen LogP contribution in [0.1, 0.15) is 20.3 Å². The maximum absolute atomic E-state index is 6.63. The van der Waals surface area contributed by atoms with E-state index in [1.807, 2.05) is 13.8 Å². The highest BCUT2D eigenvalue weighted by Crippen LogP contribution is 1.82. The number of hydrogen-bond donors (Lipinski definition) is 1. The van der Waals surface area contributed by atoms with Crippen LogP contribution in [0.15, 0.2) is 4.99 Å². The molecule has 0 saturated carbocycles. The molecule has 0 atom stereocenters. The Bertz CT molecular complexity index is 84.5. The molecule has 0 aromatic rings. The molecule has 0 spiro atoms. The topological polar surface area (TPSA) is 36.2 Å². The van der Waals surface area contributed by atoms with E-state index in [4.69, 9.17) is 5.41 Å². The van der Waals surface area contributed by atoms with Gasteiger partial charge in [0.05, 0.1) is 0 Å². The van der Waals surface area contributed by atoms with E-state index >= 15 is 0 Å². The molecule has 0 aromatic heterocycles. The lowest BCUT2D eigenvalue weighted by atomic mass is 10.4. The van der Waals surface area contributed by atoms with Gasteiger partial charge in [-0.05, 0) is 13.8 Å². The lowest BCUT2D eigenvalue weighted by Crippen LogP contribution is -1.88. The van der Waals surface area contributed by atoms with E-state index in [-0.39, 0.29) is 0 Å². The van der Waals surface area contributed by atoms with Gasteiger partial charge < -0.3 is 5.41 Å². The van der Waals surface area contributed by atoms with E-state index in [9.17, 15) is 0 Å². The predicted molar refractivity (Wildman–Crippen MR) is 37.0 cm³/mol. The molecule has 0 radical (unpaired) electrons. The number of rotatable bonds is 3. The summed E-state index contributed by atoms with van der Waals surface area (Å²) >= 11 is 0. The molecule has 1 N–H and O–H groups in total. The van der Waals surface area contributed by atoms with Gasteiger partial charge in [-0.1, -0.05) is 0 Å². The fourth-order valence-electron chi connectivity index (χ4n) is 0.324. The molecule has 0 unspecified atom stereocenters. The maximum atomic E-state index is 6.63. The van der Waals surface area contributed by atoms with Crippen molar-refractivity contribution in [3.63, 3.8) is 0 Å². The Balaban J connectivity index is 3.19. The van der Waals surface area contributed by atoms with Crippen molar-refractivity contribution < 1.29 is 0 Å². The monoisotopic (exact) mass is 112 g/mol. The standard InChI is InChI=1S/C6H12N2/c1-6(2)8-5-3-4-7/h4-7H,3H2,1-2H3/b7-4?,8-5+. The number of nitrogens with zero attached hydrogens (tertiary/aromatic N) is 1. The first-order valence-corrected chi connectivity index (χ1v) is 2.78. The van der Waals surface area contributed by atoms with E-state index in [1.54, 1.807) is 6.21 Å². The van der Waals surface area contributed by atoms with Gasteiger partial charge in [0.15, 0.2) is 0 Å². The van der Waals surface area contributed by atoms with Gasteiger partial charge in [0.25, 0.3) is 0 Å². The van der Waals surface area contributed by atoms with Gasteiger partial charge in [-0.25, -0.2) is 0 Å². The van der Waals surface area contributed by atoms with Crippen molar-refractivity contribution in [3.8, 4) is 0 Å². The first kappa shape index (κ1) is 7.34. The van der Waals surface area contributed by atoms with Crippen molar-refractivity contribution in [1.82, 2.24) is 0 Å². The summed E-state index contributed by atoms with van der Waals surface area (Å²) in [7, 11) is 0. The molecule has 0 bridgehead atoms. The van der Waals surface area contributed by atoms with Crippen molar-refractivity contribution in [2.24, 2.45) is 4.99 Å². The predicted octanol–water partition coefficient (Wildman–Crippen LogP) is 1.51. The second-order valence-corrected chi connectivity index (χ2v) is 1.87. The molecule has 0 aliphatic carbocycles. The number of hydrogen-bond acceptors (Lipinski definition) is 2.